The molecule has 0 radical (unpaired) electrons. The molecule has 0 bridgehead atoms. The van der Waals surface area contributed by atoms with Gasteiger partial charge in [-0.15, -0.1) is 5.10 Å². The molecule has 0 fully saturated rings. The molecule has 0 aliphatic rings. The van der Waals surface area contributed by atoms with Gasteiger partial charge in [-0.25, -0.2) is 13.1 Å². The molecule has 0 spiro atoms. The zero-order chi connectivity index (χ0) is 17.7. The van der Waals surface area contributed by atoms with Crippen LogP contribution in [0.5, 0.6) is 0 Å². The van der Waals surface area contributed by atoms with Crippen LogP contribution in [0.4, 0.5) is 11.5 Å². The van der Waals surface area contributed by atoms with Crippen LogP contribution in [0.3, 0.4) is 0 Å². The molecule has 2 rings (SSSR count). The van der Waals surface area contributed by atoms with E-state index in [1.54, 1.807) is 25.3 Å². The quantitative estimate of drug-likeness (QED) is 0.738. The first-order valence-electron chi connectivity index (χ1n) is 7.60. The lowest BCUT2D eigenvalue weighted by atomic mass is 10.2. The monoisotopic (exact) mass is 349 g/mol. The summed E-state index contributed by atoms with van der Waals surface area (Å²) in [7, 11) is 0.313. The fourth-order valence-corrected chi connectivity index (χ4v) is 3.50. The van der Waals surface area contributed by atoms with Gasteiger partial charge in [0.1, 0.15) is 0 Å². The van der Waals surface area contributed by atoms with Gasteiger partial charge in [0.25, 0.3) is 0 Å². The van der Waals surface area contributed by atoms with Crippen molar-refractivity contribution in [3.63, 3.8) is 0 Å². The second-order valence-corrected chi connectivity index (χ2v) is 7.52. The first-order chi connectivity index (χ1) is 11.3. The third-order valence-electron chi connectivity index (χ3n) is 3.50. The van der Waals surface area contributed by atoms with Crippen LogP contribution in [0.25, 0.3) is 0 Å². The lowest BCUT2D eigenvalue weighted by Gasteiger charge is -2.13. The second kappa shape index (κ2) is 7.59. The van der Waals surface area contributed by atoms with Crippen LogP contribution in [-0.2, 0) is 10.0 Å². The third kappa shape index (κ3) is 4.65. The Hall–Kier alpha value is -2.19. The summed E-state index contributed by atoms with van der Waals surface area (Å²) >= 11 is 0. The van der Waals surface area contributed by atoms with Crippen molar-refractivity contribution in [2.45, 2.75) is 18.7 Å². The first-order valence-corrected chi connectivity index (χ1v) is 9.09. The summed E-state index contributed by atoms with van der Waals surface area (Å²) in [4.78, 5) is 2.23. The van der Waals surface area contributed by atoms with Crippen LogP contribution in [0.15, 0.2) is 35.4 Å². The number of sulfonamides is 1. The molecule has 8 heteroatoms. The largest absolute Gasteiger partial charge is 0.376 e. The van der Waals surface area contributed by atoms with Gasteiger partial charge >= 0.3 is 0 Å². The number of hydrogen-bond donors (Lipinski definition) is 2. The molecule has 130 valence electrons. The summed E-state index contributed by atoms with van der Waals surface area (Å²) in [6, 6.07) is 7.13. The van der Waals surface area contributed by atoms with Crippen molar-refractivity contribution >= 4 is 21.5 Å². The van der Waals surface area contributed by atoms with E-state index < -0.39 is 10.0 Å². The molecule has 0 saturated carbocycles. The Labute approximate surface area is 143 Å². The minimum absolute atomic E-state index is 0.253. The summed E-state index contributed by atoms with van der Waals surface area (Å²) in [6.07, 6.45) is 1.66. The first kappa shape index (κ1) is 18.2. The third-order valence-corrected chi connectivity index (χ3v) is 5.12. The van der Waals surface area contributed by atoms with Crippen LogP contribution in [0.1, 0.15) is 11.1 Å². The van der Waals surface area contributed by atoms with Crippen molar-refractivity contribution in [1.29, 1.82) is 0 Å². The zero-order valence-corrected chi connectivity index (χ0v) is 15.2. The molecule has 7 nitrogen and oxygen atoms in total. The van der Waals surface area contributed by atoms with Gasteiger partial charge in [0.15, 0.2) is 5.82 Å². The van der Waals surface area contributed by atoms with E-state index >= 15 is 0 Å². The Balaban J connectivity index is 1.93. The van der Waals surface area contributed by atoms with Crippen molar-refractivity contribution in [3.8, 4) is 0 Å². The Kier molecular flexibility index (Phi) is 5.74. The molecule has 0 saturated heterocycles. The maximum absolute atomic E-state index is 12.3. The van der Waals surface area contributed by atoms with Crippen LogP contribution < -0.4 is 14.9 Å². The molecule has 0 aliphatic carbocycles. The van der Waals surface area contributed by atoms with Crippen molar-refractivity contribution < 1.29 is 8.42 Å². The van der Waals surface area contributed by atoms with Crippen molar-refractivity contribution in [2.75, 3.05) is 37.4 Å². The fraction of sp³-hybridized carbons (Fsp3) is 0.375. The average Bonchev–Trinajstić information content (AvgIpc) is 2.51. The number of nitrogens with zero attached hydrogens (tertiary/aromatic N) is 3. The predicted octanol–water partition coefficient (Wildman–Crippen LogP) is 1.55. The number of rotatable bonds is 7. The van der Waals surface area contributed by atoms with Gasteiger partial charge in [0.05, 0.1) is 16.8 Å². The highest BCUT2D eigenvalue weighted by molar-refractivity contribution is 7.89. The molecule has 2 aromatic rings. The van der Waals surface area contributed by atoms with E-state index in [-0.39, 0.29) is 6.54 Å². The van der Waals surface area contributed by atoms with Gasteiger partial charge in [0.2, 0.25) is 10.0 Å². The van der Waals surface area contributed by atoms with Gasteiger partial charge in [0, 0.05) is 33.3 Å². The topological polar surface area (TPSA) is 87.2 Å². The van der Waals surface area contributed by atoms with Crippen molar-refractivity contribution in [2.24, 2.45) is 0 Å². The zero-order valence-electron chi connectivity index (χ0n) is 14.4. The van der Waals surface area contributed by atoms with E-state index in [1.807, 2.05) is 38.1 Å². The van der Waals surface area contributed by atoms with Gasteiger partial charge in [-0.1, -0.05) is 17.7 Å². The molecule has 1 aromatic heterocycles. The Morgan fingerprint density at radius 3 is 2.54 bits per heavy atom. The van der Waals surface area contributed by atoms with Gasteiger partial charge in [-0.05, 0) is 25.5 Å². The molecule has 2 N–H and O–H groups in total. The molecule has 1 aromatic carbocycles. The van der Waals surface area contributed by atoms with E-state index in [4.69, 9.17) is 0 Å². The Morgan fingerprint density at radius 2 is 1.88 bits per heavy atom. The Morgan fingerprint density at radius 1 is 1.12 bits per heavy atom. The average molecular weight is 349 g/mol. The van der Waals surface area contributed by atoms with E-state index in [0.29, 0.717) is 17.3 Å². The molecule has 0 unspecified atom stereocenters. The molecular formula is C16H23N5O2S. The van der Waals surface area contributed by atoms with Crippen LogP contribution in [0.2, 0.25) is 0 Å². The Bertz CT molecular complexity index is 806. The van der Waals surface area contributed by atoms with E-state index in [1.165, 1.54) is 0 Å². The van der Waals surface area contributed by atoms with Crippen molar-refractivity contribution in [1.82, 2.24) is 14.9 Å². The number of aromatic nitrogens is 2. The maximum Gasteiger partial charge on any atom is 0.240 e. The molecule has 0 aliphatic heterocycles. The minimum atomic E-state index is -3.52. The van der Waals surface area contributed by atoms with Gasteiger partial charge in [-0.3, -0.25) is 0 Å². The lowest BCUT2D eigenvalue weighted by molar-refractivity contribution is 0.582. The highest BCUT2D eigenvalue weighted by atomic mass is 32.2. The predicted molar refractivity (Wildman–Crippen MR) is 96.0 cm³/mol. The summed E-state index contributed by atoms with van der Waals surface area (Å²) in [5.41, 5.74) is 2.69. The standard InChI is InChI=1S/C16H23N5O2S/c1-12-5-6-15(13(2)9-12)24(22,23)19-8-7-17-16-10-14(21(3)4)11-18-20-16/h5-6,9-11,19H,7-8H2,1-4H3,(H,17,20). The summed E-state index contributed by atoms with van der Waals surface area (Å²) in [5.74, 6) is 0.604. The van der Waals surface area contributed by atoms with E-state index in [0.717, 1.165) is 16.8 Å². The summed E-state index contributed by atoms with van der Waals surface area (Å²) < 4.78 is 27.3. The highest BCUT2D eigenvalue weighted by Crippen LogP contribution is 2.16. The molecule has 1 heterocycles. The number of aryl methyl sites for hydroxylation is 2. The fourth-order valence-electron chi connectivity index (χ4n) is 2.24. The molecular weight excluding hydrogens is 326 g/mol. The summed E-state index contributed by atoms with van der Waals surface area (Å²) in [5, 5.41) is 10.9. The highest BCUT2D eigenvalue weighted by Gasteiger charge is 2.15. The second-order valence-electron chi connectivity index (χ2n) is 5.79. The lowest BCUT2D eigenvalue weighted by Crippen LogP contribution is -2.29. The van der Waals surface area contributed by atoms with E-state index in [2.05, 4.69) is 20.2 Å². The number of hydrogen-bond acceptors (Lipinski definition) is 6. The van der Waals surface area contributed by atoms with Crippen LogP contribution >= 0.6 is 0 Å². The normalized spacial score (nSPS) is 11.3. The van der Waals surface area contributed by atoms with Gasteiger partial charge < -0.3 is 10.2 Å². The minimum Gasteiger partial charge on any atom is -0.376 e. The number of nitrogens with one attached hydrogen (secondary N) is 2. The SMILES string of the molecule is Cc1ccc(S(=O)(=O)NCCNc2cc(N(C)C)cnn2)c(C)c1. The van der Waals surface area contributed by atoms with Crippen molar-refractivity contribution in [3.05, 3.63) is 41.6 Å². The molecule has 0 amide bonds. The number of benzene rings is 1. The smallest absolute Gasteiger partial charge is 0.240 e. The summed E-state index contributed by atoms with van der Waals surface area (Å²) in [6.45, 7) is 4.39. The van der Waals surface area contributed by atoms with Crippen LogP contribution in [-0.4, -0.2) is 45.8 Å². The number of anilines is 2. The molecule has 24 heavy (non-hydrogen) atoms. The van der Waals surface area contributed by atoms with Crippen LogP contribution in [0, 0.1) is 13.8 Å². The molecule has 0 atom stereocenters. The van der Waals surface area contributed by atoms with Gasteiger partial charge in [-0.2, -0.15) is 5.10 Å². The maximum atomic E-state index is 12.3. The van der Waals surface area contributed by atoms with E-state index in [9.17, 15) is 8.42 Å².